The van der Waals surface area contributed by atoms with Crippen LogP contribution in [-0.2, 0) is 19.0 Å². The fourth-order valence-electron chi connectivity index (χ4n) is 3.63. The average molecular weight is 415 g/mol. The molecule has 10 heteroatoms. The van der Waals surface area contributed by atoms with Crippen molar-refractivity contribution in [1.29, 1.82) is 0 Å². The molecule has 0 aliphatic carbocycles. The molecule has 1 aromatic carbocycles. The lowest BCUT2D eigenvalue weighted by Gasteiger charge is -2.20. The van der Waals surface area contributed by atoms with Crippen molar-refractivity contribution in [2.24, 2.45) is 0 Å². The van der Waals surface area contributed by atoms with Crippen LogP contribution in [0, 0.1) is 0 Å². The molecule has 0 unspecified atom stereocenters. The number of methoxy groups -OCH3 is 1. The number of imidazole rings is 1. The molecular formula is C20H18FN3O6. The molecule has 3 aromatic rings. The fourth-order valence-corrected chi connectivity index (χ4v) is 3.63. The third kappa shape index (κ3) is 3.24. The van der Waals surface area contributed by atoms with Crippen LogP contribution in [-0.4, -0.2) is 45.9 Å². The highest BCUT2D eigenvalue weighted by Crippen LogP contribution is 2.44. The van der Waals surface area contributed by atoms with E-state index in [1.54, 1.807) is 24.3 Å². The highest BCUT2D eigenvalue weighted by atomic mass is 19.1. The van der Waals surface area contributed by atoms with Crippen LogP contribution in [0.15, 0.2) is 47.7 Å². The first kappa shape index (κ1) is 19.8. The number of nitrogens with one attached hydrogen (secondary N) is 1. The number of carbonyl (C=O) groups is 2. The van der Waals surface area contributed by atoms with E-state index in [0.717, 1.165) is 6.92 Å². The van der Waals surface area contributed by atoms with Crippen molar-refractivity contribution in [2.45, 2.75) is 31.5 Å². The number of carbonyl (C=O) groups excluding carboxylic acids is 2. The average Bonchev–Trinajstić information content (AvgIpc) is 3.30. The van der Waals surface area contributed by atoms with Crippen LogP contribution in [0.5, 0.6) is 0 Å². The third-order valence-corrected chi connectivity index (χ3v) is 4.92. The van der Waals surface area contributed by atoms with Gasteiger partial charge in [0.25, 0.3) is 5.56 Å². The number of aromatic amines is 1. The Hall–Kier alpha value is -3.53. The topological polar surface area (TPSA) is 113 Å². The summed E-state index contributed by atoms with van der Waals surface area (Å²) >= 11 is 0. The number of alkyl halides is 1. The van der Waals surface area contributed by atoms with Gasteiger partial charge in [0, 0.05) is 13.1 Å². The Morgan fingerprint density at radius 1 is 1.27 bits per heavy atom. The minimum Gasteiger partial charge on any atom is -0.465 e. The third-order valence-electron chi connectivity index (χ3n) is 4.92. The fraction of sp³-hybridized carbons (Fsp3) is 0.300. The van der Waals surface area contributed by atoms with Crippen molar-refractivity contribution < 1.29 is 28.2 Å². The Labute approximate surface area is 169 Å². The summed E-state index contributed by atoms with van der Waals surface area (Å²) in [6.45, 7) is 1.16. The second-order valence-electron chi connectivity index (χ2n) is 6.74. The highest BCUT2D eigenvalue weighted by Gasteiger charge is 2.50. The van der Waals surface area contributed by atoms with Gasteiger partial charge in [0.1, 0.15) is 6.10 Å². The summed E-state index contributed by atoms with van der Waals surface area (Å²) in [5.74, 6) is -1.34. The van der Waals surface area contributed by atoms with Gasteiger partial charge in [-0.1, -0.05) is 18.2 Å². The molecule has 0 amide bonds. The monoisotopic (exact) mass is 415 g/mol. The minimum atomic E-state index is -1.79. The predicted molar refractivity (Wildman–Crippen MR) is 101 cm³/mol. The Morgan fingerprint density at radius 2 is 2.03 bits per heavy atom. The number of halogens is 1. The standard InChI is InChI=1S/C20H18FN3O6/c1-10(25)29-17-14(21)16(11-5-3-4-6-12(11)20(27)28-2)30-19(17)24-9-23-15-13(24)7-8-22-18(15)26/h3-9,14,16-17,19H,1-2H3,(H,22,26)/t14-,16-,17-,19-/m1/s1. The number of esters is 2. The van der Waals surface area contributed by atoms with Crippen molar-refractivity contribution >= 4 is 23.0 Å². The molecule has 1 aliphatic rings. The summed E-state index contributed by atoms with van der Waals surface area (Å²) < 4.78 is 32.9. The van der Waals surface area contributed by atoms with E-state index in [2.05, 4.69) is 9.97 Å². The van der Waals surface area contributed by atoms with Crippen LogP contribution >= 0.6 is 0 Å². The lowest BCUT2D eigenvalue weighted by molar-refractivity contribution is -0.154. The number of H-pyrrole nitrogens is 1. The van der Waals surface area contributed by atoms with E-state index >= 15 is 4.39 Å². The van der Waals surface area contributed by atoms with Gasteiger partial charge < -0.3 is 19.2 Å². The molecule has 1 aliphatic heterocycles. The molecule has 4 atom stereocenters. The van der Waals surface area contributed by atoms with Crippen molar-refractivity contribution in [3.63, 3.8) is 0 Å². The number of fused-ring (bicyclic) bond motifs is 1. The normalized spacial score (nSPS) is 23.4. The van der Waals surface area contributed by atoms with Crippen molar-refractivity contribution in [3.05, 3.63) is 64.3 Å². The van der Waals surface area contributed by atoms with E-state index in [1.807, 2.05) is 0 Å². The molecule has 1 N–H and O–H groups in total. The van der Waals surface area contributed by atoms with Gasteiger partial charge in [-0.25, -0.2) is 14.2 Å². The van der Waals surface area contributed by atoms with Gasteiger partial charge in [0.15, 0.2) is 24.0 Å². The zero-order valence-electron chi connectivity index (χ0n) is 16.1. The number of benzene rings is 1. The minimum absolute atomic E-state index is 0.136. The van der Waals surface area contributed by atoms with Crippen molar-refractivity contribution in [3.8, 4) is 0 Å². The van der Waals surface area contributed by atoms with Gasteiger partial charge in [-0.2, -0.15) is 0 Å². The zero-order chi connectivity index (χ0) is 21.4. The summed E-state index contributed by atoms with van der Waals surface area (Å²) in [5, 5.41) is 0. The largest absolute Gasteiger partial charge is 0.465 e. The van der Waals surface area contributed by atoms with Gasteiger partial charge in [-0.3, -0.25) is 14.2 Å². The van der Waals surface area contributed by atoms with Crippen LogP contribution in [0.4, 0.5) is 4.39 Å². The molecule has 3 heterocycles. The van der Waals surface area contributed by atoms with E-state index in [9.17, 15) is 14.4 Å². The second-order valence-corrected chi connectivity index (χ2v) is 6.74. The molecule has 30 heavy (non-hydrogen) atoms. The highest BCUT2D eigenvalue weighted by molar-refractivity contribution is 5.91. The number of nitrogens with zero attached hydrogens (tertiary/aromatic N) is 2. The Bertz CT molecular complexity index is 1170. The van der Waals surface area contributed by atoms with Gasteiger partial charge in [-0.15, -0.1) is 0 Å². The van der Waals surface area contributed by atoms with Gasteiger partial charge in [-0.05, 0) is 17.7 Å². The van der Waals surface area contributed by atoms with Crippen LogP contribution in [0.1, 0.15) is 35.2 Å². The van der Waals surface area contributed by atoms with E-state index < -0.39 is 42.1 Å². The quantitative estimate of drug-likeness (QED) is 0.649. The molecule has 0 saturated carbocycles. The number of aromatic nitrogens is 3. The first-order valence-corrected chi connectivity index (χ1v) is 9.10. The second kappa shape index (κ2) is 7.71. The lowest BCUT2D eigenvalue weighted by Crippen LogP contribution is -2.31. The maximum Gasteiger partial charge on any atom is 0.338 e. The smallest absolute Gasteiger partial charge is 0.338 e. The maximum absolute atomic E-state index is 15.5. The summed E-state index contributed by atoms with van der Waals surface area (Å²) in [5.41, 5.74) is 0.504. The van der Waals surface area contributed by atoms with Crippen LogP contribution < -0.4 is 5.56 Å². The van der Waals surface area contributed by atoms with E-state index in [-0.39, 0.29) is 16.6 Å². The molecule has 2 aromatic heterocycles. The Balaban J connectivity index is 1.80. The molecule has 1 fully saturated rings. The number of rotatable bonds is 4. The Kier molecular flexibility index (Phi) is 5.08. The Morgan fingerprint density at radius 3 is 2.77 bits per heavy atom. The van der Waals surface area contributed by atoms with Crippen molar-refractivity contribution in [2.75, 3.05) is 7.11 Å². The molecule has 0 bridgehead atoms. The summed E-state index contributed by atoms with van der Waals surface area (Å²) in [6, 6.07) is 7.89. The van der Waals surface area contributed by atoms with Crippen LogP contribution in [0.3, 0.4) is 0 Å². The number of hydrogen-bond donors (Lipinski definition) is 1. The van der Waals surface area contributed by atoms with E-state index in [1.165, 1.54) is 30.3 Å². The number of pyridine rings is 1. The predicted octanol–water partition coefficient (Wildman–Crippen LogP) is 2.05. The molecule has 0 radical (unpaired) electrons. The van der Waals surface area contributed by atoms with E-state index in [0.29, 0.717) is 5.52 Å². The summed E-state index contributed by atoms with van der Waals surface area (Å²) in [6.07, 6.45) is -2.68. The number of hydrogen-bond acceptors (Lipinski definition) is 7. The SMILES string of the molecule is COC(=O)c1ccccc1[C@H]1O[C@@H](n2cnc3c(=O)[nH]ccc32)[C@H](OC(C)=O)[C@@H]1F. The molecule has 9 nitrogen and oxygen atoms in total. The summed E-state index contributed by atoms with van der Waals surface area (Å²) in [7, 11) is 1.22. The number of ether oxygens (including phenoxy) is 3. The molecule has 4 rings (SSSR count). The van der Waals surface area contributed by atoms with E-state index in [4.69, 9.17) is 14.2 Å². The molecule has 156 valence electrons. The zero-order valence-corrected chi connectivity index (χ0v) is 16.1. The first-order chi connectivity index (χ1) is 14.4. The van der Waals surface area contributed by atoms with Gasteiger partial charge in [0.2, 0.25) is 0 Å². The lowest BCUT2D eigenvalue weighted by atomic mass is 9.98. The van der Waals surface area contributed by atoms with Crippen molar-refractivity contribution in [1.82, 2.24) is 14.5 Å². The van der Waals surface area contributed by atoms with Crippen LogP contribution in [0.25, 0.3) is 11.0 Å². The molecule has 0 spiro atoms. The molecule has 1 saturated heterocycles. The summed E-state index contributed by atoms with van der Waals surface area (Å²) in [4.78, 5) is 42.3. The van der Waals surface area contributed by atoms with Gasteiger partial charge >= 0.3 is 11.9 Å². The molecular weight excluding hydrogens is 397 g/mol. The first-order valence-electron chi connectivity index (χ1n) is 9.10. The van der Waals surface area contributed by atoms with Crippen LogP contribution in [0.2, 0.25) is 0 Å². The van der Waals surface area contributed by atoms with Gasteiger partial charge in [0.05, 0.1) is 24.5 Å². The maximum atomic E-state index is 15.5.